The van der Waals surface area contributed by atoms with Crippen molar-refractivity contribution in [2.45, 2.75) is 26.2 Å². The number of amides is 1. The lowest BCUT2D eigenvalue weighted by Crippen LogP contribution is -2.47. The van der Waals surface area contributed by atoms with E-state index in [0.29, 0.717) is 25.5 Å². The first-order chi connectivity index (χ1) is 12.2. The van der Waals surface area contributed by atoms with Crippen LogP contribution in [0.3, 0.4) is 0 Å². The van der Waals surface area contributed by atoms with Gasteiger partial charge in [0.25, 0.3) is 5.91 Å². The molecule has 2 N–H and O–H groups in total. The minimum Gasteiger partial charge on any atom is -0.494 e. The van der Waals surface area contributed by atoms with Gasteiger partial charge in [-0.3, -0.25) is 4.79 Å². The minimum atomic E-state index is -0.111. The summed E-state index contributed by atoms with van der Waals surface area (Å²) in [6, 6.07) is 7.34. The summed E-state index contributed by atoms with van der Waals surface area (Å²) < 4.78 is 16.4. The third kappa shape index (κ3) is 6.55. The molecule has 140 valence electrons. The summed E-state index contributed by atoms with van der Waals surface area (Å²) in [5, 5.41) is 6.34. The topological polar surface area (TPSA) is 68.8 Å². The average molecular weight is 350 g/mol. The van der Waals surface area contributed by atoms with E-state index in [1.165, 1.54) is 0 Å². The zero-order valence-electron chi connectivity index (χ0n) is 15.3. The minimum absolute atomic E-state index is 0.0104. The highest BCUT2D eigenvalue weighted by atomic mass is 16.5. The first-order valence-corrected chi connectivity index (χ1v) is 8.99. The Morgan fingerprint density at radius 3 is 2.40 bits per heavy atom. The Bertz CT molecular complexity index is 507. The second kappa shape index (κ2) is 10.3. The van der Waals surface area contributed by atoms with Crippen LogP contribution in [0.25, 0.3) is 0 Å². The van der Waals surface area contributed by atoms with Gasteiger partial charge < -0.3 is 24.8 Å². The van der Waals surface area contributed by atoms with Crippen LogP contribution in [0.15, 0.2) is 24.3 Å². The average Bonchev–Trinajstić information content (AvgIpc) is 2.65. The highest BCUT2D eigenvalue weighted by Crippen LogP contribution is 2.28. The zero-order chi connectivity index (χ0) is 18.0. The predicted octanol–water partition coefficient (Wildman–Crippen LogP) is 1.99. The summed E-state index contributed by atoms with van der Waals surface area (Å²) in [7, 11) is 1.71. The van der Waals surface area contributed by atoms with Crippen molar-refractivity contribution >= 4 is 5.91 Å². The van der Waals surface area contributed by atoms with Crippen molar-refractivity contribution < 1.29 is 19.0 Å². The van der Waals surface area contributed by atoms with Crippen molar-refractivity contribution in [3.05, 3.63) is 24.3 Å². The first-order valence-electron chi connectivity index (χ1n) is 8.99. The van der Waals surface area contributed by atoms with Crippen molar-refractivity contribution in [2.24, 2.45) is 5.41 Å². The highest BCUT2D eigenvalue weighted by Gasteiger charge is 2.32. The molecular formula is C19H30N2O4. The smallest absolute Gasteiger partial charge is 0.257 e. The molecule has 0 saturated carbocycles. The lowest BCUT2D eigenvalue weighted by atomic mass is 9.79. The van der Waals surface area contributed by atoms with E-state index in [1.54, 1.807) is 7.11 Å². The maximum atomic E-state index is 12.1. The molecule has 1 fully saturated rings. The van der Waals surface area contributed by atoms with Crippen molar-refractivity contribution in [2.75, 3.05) is 46.6 Å². The van der Waals surface area contributed by atoms with Gasteiger partial charge in [-0.2, -0.15) is 0 Å². The van der Waals surface area contributed by atoms with E-state index in [-0.39, 0.29) is 17.9 Å². The number of rotatable bonds is 10. The Morgan fingerprint density at radius 1 is 1.16 bits per heavy atom. The molecule has 1 aliphatic heterocycles. The van der Waals surface area contributed by atoms with Crippen LogP contribution >= 0.6 is 0 Å². The molecule has 0 aromatic heterocycles. The summed E-state index contributed by atoms with van der Waals surface area (Å²) >= 11 is 0. The molecule has 0 unspecified atom stereocenters. The molecule has 0 spiro atoms. The van der Waals surface area contributed by atoms with Gasteiger partial charge in [0.2, 0.25) is 0 Å². The van der Waals surface area contributed by atoms with Gasteiger partial charge >= 0.3 is 0 Å². The fraction of sp³-hybridized carbons (Fsp3) is 0.632. The van der Waals surface area contributed by atoms with Crippen LogP contribution < -0.4 is 20.1 Å². The Balaban J connectivity index is 1.74. The third-order valence-electron chi connectivity index (χ3n) is 4.44. The van der Waals surface area contributed by atoms with Gasteiger partial charge in [-0.05, 0) is 56.6 Å². The lowest BCUT2D eigenvalue weighted by molar-refractivity contribution is -0.124. The molecule has 25 heavy (non-hydrogen) atoms. The van der Waals surface area contributed by atoms with Gasteiger partial charge in [-0.25, -0.2) is 0 Å². The molecule has 1 saturated heterocycles. The van der Waals surface area contributed by atoms with E-state index < -0.39 is 0 Å². The lowest BCUT2D eigenvalue weighted by Gasteiger charge is -2.37. The van der Waals surface area contributed by atoms with E-state index in [0.717, 1.165) is 38.1 Å². The molecule has 1 aromatic rings. The fourth-order valence-corrected chi connectivity index (χ4v) is 2.97. The first kappa shape index (κ1) is 19.5. The Kier molecular flexibility index (Phi) is 8.01. The van der Waals surface area contributed by atoms with E-state index >= 15 is 0 Å². The van der Waals surface area contributed by atoms with Crippen LogP contribution in [0.2, 0.25) is 0 Å². The van der Waals surface area contributed by atoms with Crippen molar-refractivity contribution in [3.8, 4) is 11.5 Å². The van der Waals surface area contributed by atoms with Crippen LogP contribution in [0.1, 0.15) is 26.2 Å². The molecule has 6 nitrogen and oxygen atoms in total. The third-order valence-corrected chi connectivity index (χ3v) is 4.44. The maximum absolute atomic E-state index is 12.1. The molecule has 0 aliphatic carbocycles. The van der Waals surface area contributed by atoms with Crippen LogP contribution in [-0.4, -0.2) is 52.5 Å². The molecule has 1 amide bonds. The van der Waals surface area contributed by atoms with E-state index in [4.69, 9.17) is 14.2 Å². The maximum Gasteiger partial charge on any atom is 0.257 e. The van der Waals surface area contributed by atoms with Gasteiger partial charge in [0, 0.05) is 19.1 Å². The highest BCUT2D eigenvalue weighted by molar-refractivity contribution is 5.77. The molecule has 1 aliphatic rings. The van der Waals surface area contributed by atoms with Crippen LogP contribution in [0.4, 0.5) is 0 Å². The molecular weight excluding hydrogens is 320 g/mol. The number of carbonyl (C=O) groups excluding carboxylic acids is 1. The van der Waals surface area contributed by atoms with Gasteiger partial charge in [0.1, 0.15) is 11.5 Å². The number of methoxy groups -OCH3 is 1. The van der Waals surface area contributed by atoms with Crippen molar-refractivity contribution in [1.29, 1.82) is 0 Å². The molecule has 0 bridgehead atoms. The normalized spacial score (nSPS) is 16.2. The van der Waals surface area contributed by atoms with Crippen LogP contribution in [0.5, 0.6) is 11.5 Å². The molecule has 0 atom stereocenters. The van der Waals surface area contributed by atoms with Crippen LogP contribution in [0, 0.1) is 5.41 Å². The number of hydrogen-bond acceptors (Lipinski definition) is 5. The molecule has 6 heteroatoms. The van der Waals surface area contributed by atoms with Crippen molar-refractivity contribution in [1.82, 2.24) is 10.6 Å². The largest absolute Gasteiger partial charge is 0.494 e. The summed E-state index contributed by atoms with van der Waals surface area (Å²) in [5.74, 6) is 1.36. The van der Waals surface area contributed by atoms with Gasteiger partial charge in [-0.1, -0.05) is 6.92 Å². The standard InChI is InChI=1S/C19H30N2O4/c1-3-12-24-16-4-6-17(7-5-16)25-13-18(22)21-14-19(15-23-2)8-10-20-11-9-19/h4-7,20H,3,8-15H2,1-2H3,(H,21,22). The SMILES string of the molecule is CCCOc1ccc(OCC(=O)NCC2(COC)CCNCC2)cc1. The van der Waals surface area contributed by atoms with E-state index in [9.17, 15) is 4.79 Å². The fourth-order valence-electron chi connectivity index (χ4n) is 2.97. The van der Waals surface area contributed by atoms with E-state index in [2.05, 4.69) is 17.6 Å². The van der Waals surface area contributed by atoms with Gasteiger partial charge in [0.05, 0.1) is 13.2 Å². The van der Waals surface area contributed by atoms with Gasteiger partial charge in [-0.15, -0.1) is 0 Å². The molecule has 1 heterocycles. The second-order valence-corrected chi connectivity index (χ2v) is 6.57. The zero-order valence-corrected chi connectivity index (χ0v) is 15.3. The summed E-state index contributed by atoms with van der Waals surface area (Å²) in [6.07, 6.45) is 2.97. The molecule has 2 rings (SSSR count). The number of hydrogen-bond donors (Lipinski definition) is 2. The number of ether oxygens (including phenoxy) is 3. The van der Waals surface area contributed by atoms with E-state index in [1.807, 2.05) is 24.3 Å². The predicted molar refractivity (Wildman–Crippen MR) is 97.1 cm³/mol. The van der Waals surface area contributed by atoms with Crippen molar-refractivity contribution in [3.63, 3.8) is 0 Å². The van der Waals surface area contributed by atoms with Gasteiger partial charge in [0.15, 0.2) is 6.61 Å². The summed E-state index contributed by atoms with van der Waals surface area (Å²) in [6.45, 7) is 5.97. The second-order valence-electron chi connectivity index (χ2n) is 6.57. The quantitative estimate of drug-likeness (QED) is 0.675. The Morgan fingerprint density at radius 2 is 1.80 bits per heavy atom. The molecule has 0 radical (unpaired) electrons. The Hall–Kier alpha value is -1.79. The summed E-state index contributed by atoms with van der Waals surface area (Å²) in [4.78, 5) is 12.1. The number of piperidine rings is 1. The van der Waals surface area contributed by atoms with Crippen LogP contribution in [-0.2, 0) is 9.53 Å². The summed E-state index contributed by atoms with van der Waals surface area (Å²) in [5.41, 5.74) is 0.0218. The number of nitrogens with one attached hydrogen (secondary N) is 2. The molecule has 1 aromatic carbocycles. The Labute approximate surface area is 150 Å². The monoisotopic (exact) mass is 350 g/mol. The number of benzene rings is 1. The number of carbonyl (C=O) groups is 1.